The number of pyridine rings is 1. The average Bonchev–Trinajstić information content (AvgIpc) is 2.16. The summed E-state index contributed by atoms with van der Waals surface area (Å²) in [5.74, 6) is 0. The van der Waals surface area contributed by atoms with Gasteiger partial charge in [-0.25, -0.2) is 0 Å². The van der Waals surface area contributed by atoms with Crippen LogP contribution in [0.2, 0.25) is 0 Å². The van der Waals surface area contributed by atoms with E-state index in [9.17, 15) is 4.79 Å². The molecule has 0 N–H and O–H groups in total. The minimum atomic E-state index is 0.664. The molecular formula is C10H6BrNO. The Bertz CT molecular complexity index is 467. The molecule has 2 rings (SSSR count). The van der Waals surface area contributed by atoms with E-state index >= 15 is 0 Å². The van der Waals surface area contributed by atoms with Gasteiger partial charge >= 0.3 is 0 Å². The average molecular weight is 236 g/mol. The van der Waals surface area contributed by atoms with Gasteiger partial charge in [-0.2, -0.15) is 0 Å². The van der Waals surface area contributed by atoms with Crippen molar-refractivity contribution in [1.82, 2.24) is 4.98 Å². The Morgan fingerprint density at radius 1 is 1.38 bits per heavy atom. The molecule has 0 aliphatic rings. The minimum Gasteiger partial charge on any atom is -0.298 e. The first-order chi connectivity index (χ1) is 6.31. The van der Waals surface area contributed by atoms with Crippen LogP contribution in [0, 0.1) is 0 Å². The van der Waals surface area contributed by atoms with Crippen molar-refractivity contribution in [3.05, 3.63) is 40.5 Å². The number of hydrogen-bond acceptors (Lipinski definition) is 2. The van der Waals surface area contributed by atoms with Gasteiger partial charge in [0.15, 0.2) is 6.29 Å². The molecule has 0 atom stereocenters. The molecule has 0 aliphatic carbocycles. The van der Waals surface area contributed by atoms with Gasteiger partial charge in [-0.1, -0.05) is 22.0 Å². The van der Waals surface area contributed by atoms with Gasteiger partial charge in [0.2, 0.25) is 0 Å². The lowest BCUT2D eigenvalue weighted by Crippen LogP contribution is -1.85. The molecule has 0 spiro atoms. The molecule has 0 bridgehead atoms. The van der Waals surface area contributed by atoms with E-state index in [-0.39, 0.29) is 0 Å². The van der Waals surface area contributed by atoms with Gasteiger partial charge in [0.05, 0.1) is 5.52 Å². The highest BCUT2D eigenvalue weighted by Crippen LogP contribution is 2.21. The summed E-state index contributed by atoms with van der Waals surface area (Å²) in [6.45, 7) is 0. The molecule has 0 aliphatic heterocycles. The van der Waals surface area contributed by atoms with Crippen LogP contribution in [0.5, 0.6) is 0 Å². The van der Waals surface area contributed by atoms with Gasteiger partial charge in [0.25, 0.3) is 0 Å². The molecule has 64 valence electrons. The van der Waals surface area contributed by atoms with Crippen molar-refractivity contribution >= 4 is 33.1 Å². The number of aromatic nitrogens is 1. The molecule has 3 heteroatoms. The minimum absolute atomic E-state index is 0.664. The number of carbonyl (C=O) groups excluding carboxylic acids is 1. The van der Waals surface area contributed by atoms with Crippen molar-refractivity contribution < 1.29 is 4.79 Å². The van der Waals surface area contributed by atoms with Crippen LogP contribution in [0.25, 0.3) is 10.9 Å². The molecule has 1 heterocycles. The van der Waals surface area contributed by atoms with Crippen molar-refractivity contribution in [2.75, 3.05) is 0 Å². The van der Waals surface area contributed by atoms with Crippen LogP contribution in [0.15, 0.2) is 34.9 Å². The zero-order valence-corrected chi connectivity index (χ0v) is 8.28. The second-order valence-electron chi connectivity index (χ2n) is 2.68. The lowest BCUT2D eigenvalue weighted by Gasteiger charge is -2.00. The van der Waals surface area contributed by atoms with Crippen LogP contribution >= 0.6 is 15.9 Å². The Morgan fingerprint density at radius 2 is 2.23 bits per heavy atom. The Labute approximate surface area is 83.7 Å². The van der Waals surface area contributed by atoms with Crippen LogP contribution in [0.3, 0.4) is 0 Å². The predicted molar refractivity (Wildman–Crippen MR) is 54.8 cm³/mol. The zero-order valence-electron chi connectivity index (χ0n) is 6.70. The third-order valence-electron chi connectivity index (χ3n) is 1.84. The largest absolute Gasteiger partial charge is 0.298 e. The number of aldehydes is 1. The quantitative estimate of drug-likeness (QED) is 0.712. The highest BCUT2D eigenvalue weighted by Gasteiger charge is 2.01. The molecule has 0 saturated heterocycles. The van der Waals surface area contributed by atoms with Gasteiger partial charge in [-0.3, -0.25) is 9.78 Å². The highest BCUT2D eigenvalue weighted by atomic mass is 79.9. The van der Waals surface area contributed by atoms with Crippen LogP contribution in [-0.4, -0.2) is 11.3 Å². The topological polar surface area (TPSA) is 30.0 Å². The molecule has 0 saturated carbocycles. The second kappa shape index (κ2) is 3.26. The van der Waals surface area contributed by atoms with Gasteiger partial charge in [0.1, 0.15) is 0 Å². The van der Waals surface area contributed by atoms with E-state index in [0.717, 1.165) is 21.7 Å². The summed E-state index contributed by atoms with van der Waals surface area (Å²) in [6, 6.07) is 7.39. The third kappa shape index (κ3) is 1.47. The van der Waals surface area contributed by atoms with Crippen LogP contribution in [-0.2, 0) is 0 Å². The fraction of sp³-hybridized carbons (Fsp3) is 0. The van der Waals surface area contributed by atoms with E-state index in [1.54, 1.807) is 12.3 Å². The number of halogens is 1. The monoisotopic (exact) mass is 235 g/mol. The van der Waals surface area contributed by atoms with Gasteiger partial charge in [0, 0.05) is 21.6 Å². The number of rotatable bonds is 1. The van der Waals surface area contributed by atoms with E-state index in [4.69, 9.17) is 0 Å². The highest BCUT2D eigenvalue weighted by molar-refractivity contribution is 9.10. The molecule has 0 amide bonds. The van der Waals surface area contributed by atoms with Crippen molar-refractivity contribution in [3.63, 3.8) is 0 Å². The summed E-state index contributed by atoms with van der Waals surface area (Å²) in [6.07, 6.45) is 2.55. The SMILES string of the molecule is O=Cc1cc(Br)cc2ncccc12. The molecule has 2 aromatic rings. The maximum Gasteiger partial charge on any atom is 0.150 e. The van der Waals surface area contributed by atoms with E-state index < -0.39 is 0 Å². The van der Waals surface area contributed by atoms with E-state index in [2.05, 4.69) is 20.9 Å². The Kier molecular flexibility index (Phi) is 2.10. The van der Waals surface area contributed by atoms with Crippen LogP contribution in [0.1, 0.15) is 10.4 Å². The van der Waals surface area contributed by atoms with Gasteiger partial charge in [-0.05, 0) is 18.2 Å². The predicted octanol–water partition coefficient (Wildman–Crippen LogP) is 2.81. The summed E-state index contributed by atoms with van der Waals surface area (Å²) in [7, 11) is 0. The summed E-state index contributed by atoms with van der Waals surface area (Å²) in [4.78, 5) is 14.9. The molecule has 0 fully saturated rings. The van der Waals surface area contributed by atoms with E-state index in [0.29, 0.717) is 5.56 Å². The molecular weight excluding hydrogens is 230 g/mol. The van der Waals surface area contributed by atoms with Crippen LogP contribution < -0.4 is 0 Å². The molecule has 0 unspecified atom stereocenters. The third-order valence-corrected chi connectivity index (χ3v) is 2.30. The summed E-state index contributed by atoms with van der Waals surface area (Å²) in [5, 5.41) is 0.890. The smallest absolute Gasteiger partial charge is 0.150 e. The van der Waals surface area contributed by atoms with Crippen molar-refractivity contribution in [2.24, 2.45) is 0 Å². The lowest BCUT2D eigenvalue weighted by atomic mass is 10.1. The fourth-order valence-electron chi connectivity index (χ4n) is 1.27. The van der Waals surface area contributed by atoms with E-state index in [1.807, 2.05) is 18.2 Å². The lowest BCUT2D eigenvalue weighted by molar-refractivity contribution is 0.112. The zero-order chi connectivity index (χ0) is 9.26. The summed E-state index contributed by atoms with van der Waals surface area (Å²) >= 11 is 3.33. The first-order valence-corrected chi connectivity index (χ1v) is 4.60. The van der Waals surface area contributed by atoms with Crippen molar-refractivity contribution in [1.29, 1.82) is 0 Å². The number of benzene rings is 1. The molecule has 1 aromatic carbocycles. The van der Waals surface area contributed by atoms with Crippen molar-refractivity contribution in [2.45, 2.75) is 0 Å². The molecule has 0 radical (unpaired) electrons. The maximum atomic E-state index is 10.7. The van der Waals surface area contributed by atoms with Gasteiger partial charge in [-0.15, -0.1) is 0 Å². The van der Waals surface area contributed by atoms with E-state index in [1.165, 1.54) is 0 Å². The Hall–Kier alpha value is -1.22. The summed E-state index contributed by atoms with van der Waals surface area (Å²) in [5.41, 5.74) is 1.50. The molecule has 13 heavy (non-hydrogen) atoms. The van der Waals surface area contributed by atoms with Gasteiger partial charge < -0.3 is 0 Å². The number of hydrogen-bond donors (Lipinski definition) is 0. The number of carbonyl (C=O) groups is 1. The maximum absolute atomic E-state index is 10.7. The first kappa shape index (κ1) is 8.38. The second-order valence-corrected chi connectivity index (χ2v) is 3.60. The molecule has 2 nitrogen and oxygen atoms in total. The Morgan fingerprint density at radius 3 is 3.00 bits per heavy atom. The first-order valence-electron chi connectivity index (χ1n) is 3.81. The van der Waals surface area contributed by atoms with Crippen molar-refractivity contribution in [3.8, 4) is 0 Å². The summed E-state index contributed by atoms with van der Waals surface area (Å²) < 4.78 is 0.876. The normalized spacial score (nSPS) is 10.2. The fourth-order valence-corrected chi connectivity index (χ4v) is 1.74. The van der Waals surface area contributed by atoms with Crippen LogP contribution in [0.4, 0.5) is 0 Å². The number of fused-ring (bicyclic) bond motifs is 1. The Balaban J connectivity index is 2.89. The number of nitrogens with zero attached hydrogens (tertiary/aromatic N) is 1. The molecule has 1 aromatic heterocycles. The standard InChI is InChI=1S/C10H6BrNO/c11-8-4-7(6-13)9-2-1-3-12-10(9)5-8/h1-6H.